The van der Waals surface area contributed by atoms with Crippen molar-refractivity contribution in [1.29, 1.82) is 0 Å². The van der Waals surface area contributed by atoms with Crippen molar-refractivity contribution in [3.63, 3.8) is 0 Å². The summed E-state index contributed by atoms with van der Waals surface area (Å²) in [5, 5.41) is 0. The summed E-state index contributed by atoms with van der Waals surface area (Å²) in [7, 11) is 0.209. The van der Waals surface area contributed by atoms with Crippen LogP contribution in [-0.4, -0.2) is 32.9 Å². The van der Waals surface area contributed by atoms with Crippen molar-refractivity contribution in [1.82, 2.24) is 0 Å². The van der Waals surface area contributed by atoms with E-state index in [0.717, 1.165) is 0 Å². The molecule has 0 radical (unpaired) electrons. The summed E-state index contributed by atoms with van der Waals surface area (Å²) in [6.07, 6.45) is 3.57. The maximum absolute atomic E-state index is 10.4. The van der Waals surface area contributed by atoms with Crippen molar-refractivity contribution in [2.75, 3.05) is 0 Å². The second-order valence-corrected chi connectivity index (χ2v) is 6.66. The van der Waals surface area contributed by atoms with E-state index in [4.69, 9.17) is 14.7 Å². The van der Waals surface area contributed by atoms with Crippen LogP contribution in [0.25, 0.3) is 0 Å². The highest BCUT2D eigenvalue weighted by atomic mass is 32.5. The summed E-state index contributed by atoms with van der Waals surface area (Å²) in [6.45, 7) is -4.28. The first-order valence-corrected chi connectivity index (χ1v) is 7.67. The Morgan fingerprint density at radius 1 is 0.900 bits per heavy atom. The van der Waals surface area contributed by atoms with E-state index in [2.05, 4.69) is 15.0 Å². The lowest BCUT2D eigenvalue weighted by Gasteiger charge is -1.99. The van der Waals surface area contributed by atoms with Crippen LogP contribution in [0, 0.1) is 0 Å². The highest BCUT2D eigenvalue weighted by molar-refractivity contribution is 8.16. The van der Waals surface area contributed by atoms with Crippen molar-refractivity contribution in [2.24, 2.45) is 15.0 Å². The monoisotopic (exact) mass is 314 g/mol. The molecule has 1 aromatic carbocycles. The molecule has 0 bridgehead atoms. The van der Waals surface area contributed by atoms with Crippen LogP contribution in [0.2, 0.25) is 0 Å². The van der Waals surface area contributed by atoms with Gasteiger partial charge in [0.25, 0.3) is 15.8 Å². The zero-order chi connectivity index (χ0) is 15.2. The molecule has 3 N–H and O–H groups in total. The Balaban J connectivity index is 3.82. The number of isocyanates is 3. The third kappa shape index (κ3) is 4.22. The van der Waals surface area contributed by atoms with E-state index in [1.807, 2.05) is 0 Å². The first-order chi connectivity index (χ1) is 9.42. The van der Waals surface area contributed by atoms with Gasteiger partial charge in [0.2, 0.25) is 18.2 Å². The van der Waals surface area contributed by atoms with Gasteiger partial charge in [0.1, 0.15) is 11.4 Å². The molecule has 0 spiro atoms. The number of hydrogen-bond donors (Lipinski definition) is 3. The number of nitrogens with zero attached hydrogens (tertiary/aromatic N) is 3. The fourth-order valence-corrected chi connectivity index (χ4v) is 3.06. The second kappa shape index (κ2) is 6.88. The molecular formula is C9H5N3O6PS+. The molecule has 0 saturated heterocycles. The second-order valence-electron chi connectivity index (χ2n) is 2.99. The van der Waals surface area contributed by atoms with Gasteiger partial charge in [-0.3, -0.25) is 14.7 Å². The number of hydrogen-bond acceptors (Lipinski definition) is 6. The maximum atomic E-state index is 10.4. The van der Waals surface area contributed by atoms with Gasteiger partial charge in [-0.25, -0.2) is 14.4 Å². The summed E-state index contributed by atoms with van der Waals surface area (Å²) >= 11 is 0. The van der Waals surface area contributed by atoms with Crippen LogP contribution < -0.4 is 0 Å². The lowest BCUT2D eigenvalue weighted by Crippen LogP contribution is -1.83. The Hall–Kier alpha value is -2.11. The van der Waals surface area contributed by atoms with Crippen LogP contribution in [0.15, 0.2) is 32.0 Å². The smallest absolute Gasteiger partial charge is 0.289 e. The maximum Gasteiger partial charge on any atom is 0.521 e. The van der Waals surface area contributed by atoms with Gasteiger partial charge in [-0.05, 0) is 6.07 Å². The third-order valence-electron chi connectivity index (χ3n) is 1.79. The molecule has 20 heavy (non-hydrogen) atoms. The molecule has 102 valence electrons. The van der Waals surface area contributed by atoms with Crippen LogP contribution in [0.4, 0.5) is 17.1 Å². The zero-order valence-electron chi connectivity index (χ0n) is 9.42. The number of rotatable bonds is 4. The Morgan fingerprint density at radius 3 is 1.95 bits per heavy atom. The normalized spacial score (nSPS) is 9.75. The predicted octanol–water partition coefficient (Wildman–Crippen LogP) is 0.684. The van der Waals surface area contributed by atoms with Crippen molar-refractivity contribution < 1.29 is 29.1 Å². The minimum Gasteiger partial charge on any atom is -0.289 e. The average Bonchev–Trinajstić information content (AvgIpc) is 2.35. The largest absolute Gasteiger partial charge is 0.521 e. The zero-order valence-corrected chi connectivity index (χ0v) is 11.1. The van der Waals surface area contributed by atoms with Crippen LogP contribution in [-0.2, 0) is 25.3 Å². The number of benzene rings is 1. The van der Waals surface area contributed by atoms with Crippen LogP contribution in [0.3, 0.4) is 0 Å². The molecule has 0 fully saturated rings. The SMILES string of the molecule is O=C=Nc1ccc([S+]=P(O)(O)O)c(N=C=O)c1N=C=O. The van der Waals surface area contributed by atoms with E-state index in [-0.39, 0.29) is 32.9 Å². The highest BCUT2D eigenvalue weighted by Gasteiger charge is 2.27. The number of aliphatic imine (C=N–C) groups is 3. The van der Waals surface area contributed by atoms with E-state index >= 15 is 0 Å². The molecule has 0 atom stereocenters. The fraction of sp³-hybridized carbons (Fsp3) is 0. The molecule has 0 amide bonds. The Kier molecular flexibility index (Phi) is 5.49. The molecule has 0 heterocycles. The van der Waals surface area contributed by atoms with Gasteiger partial charge in [0.15, 0.2) is 5.69 Å². The highest BCUT2D eigenvalue weighted by Crippen LogP contribution is 2.43. The van der Waals surface area contributed by atoms with Crippen molar-refractivity contribution >= 4 is 53.0 Å². The first kappa shape index (κ1) is 15.9. The van der Waals surface area contributed by atoms with Gasteiger partial charge < -0.3 is 0 Å². The summed E-state index contributed by atoms with van der Waals surface area (Å²) in [4.78, 5) is 67.7. The van der Waals surface area contributed by atoms with E-state index in [9.17, 15) is 14.4 Å². The van der Waals surface area contributed by atoms with Gasteiger partial charge in [-0.1, -0.05) is 0 Å². The standard InChI is InChI=1S/C9H5N3O6PS/c13-3-10-6-1-2-7(20-19(16,17)18)9(12-5-15)8(6)11-4-14/h1-2,16-18H/q+1. The Morgan fingerprint density at radius 2 is 1.45 bits per heavy atom. The molecule has 0 saturated carbocycles. The van der Waals surface area contributed by atoms with Gasteiger partial charge in [0.05, 0.1) is 0 Å². The predicted molar refractivity (Wildman–Crippen MR) is 69.0 cm³/mol. The van der Waals surface area contributed by atoms with Crippen molar-refractivity contribution in [3.05, 3.63) is 12.1 Å². The van der Waals surface area contributed by atoms with E-state index in [1.54, 1.807) is 0 Å². The van der Waals surface area contributed by atoms with Gasteiger partial charge in [0, 0.05) is 6.07 Å². The van der Waals surface area contributed by atoms with Gasteiger partial charge >= 0.3 is 6.72 Å². The molecule has 0 aliphatic heterocycles. The van der Waals surface area contributed by atoms with Crippen LogP contribution >= 0.6 is 6.72 Å². The molecule has 0 unspecified atom stereocenters. The van der Waals surface area contributed by atoms with Crippen molar-refractivity contribution in [2.45, 2.75) is 4.90 Å². The first-order valence-electron chi connectivity index (χ1n) is 4.60. The minimum absolute atomic E-state index is 0.0759. The van der Waals surface area contributed by atoms with Crippen LogP contribution in [0.1, 0.15) is 0 Å². The van der Waals surface area contributed by atoms with Gasteiger partial charge in [-0.2, -0.15) is 15.0 Å². The van der Waals surface area contributed by atoms with E-state index < -0.39 is 6.72 Å². The summed E-state index contributed by atoms with van der Waals surface area (Å²) in [5.41, 5.74) is -0.768. The number of carbonyl (C=O) groups excluding carboxylic acids is 3. The van der Waals surface area contributed by atoms with E-state index in [0.29, 0.717) is 0 Å². The van der Waals surface area contributed by atoms with Gasteiger partial charge in [-0.15, -0.1) is 0 Å². The van der Waals surface area contributed by atoms with E-state index in [1.165, 1.54) is 30.4 Å². The molecule has 0 aliphatic rings. The quantitative estimate of drug-likeness (QED) is 0.322. The third-order valence-corrected chi connectivity index (χ3v) is 3.89. The molecule has 0 aliphatic carbocycles. The lowest BCUT2D eigenvalue weighted by molar-refractivity contribution is 0.363. The minimum atomic E-state index is -4.28. The Bertz CT molecular complexity index is 730. The summed E-state index contributed by atoms with van der Waals surface area (Å²) in [6, 6.07) is 2.38. The topological polar surface area (TPSA) is 149 Å². The molecule has 0 aromatic heterocycles. The molecule has 11 heteroatoms. The lowest BCUT2D eigenvalue weighted by atomic mass is 10.2. The molecular weight excluding hydrogens is 309 g/mol. The Labute approximate surface area is 114 Å². The molecule has 1 rings (SSSR count). The summed E-state index contributed by atoms with van der Waals surface area (Å²) < 4.78 is 0. The van der Waals surface area contributed by atoms with Crippen LogP contribution in [0.5, 0.6) is 0 Å². The average molecular weight is 314 g/mol. The molecule has 9 nitrogen and oxygen atoms in total. The van der Waals surface area contributed by atoms with Crippen molar-refractivity contribution in [3.8, 4) is 0 Å². The molecule has 1 aromatic rings. The summed E-state index contributed by atoms with van der Waals surface area (Å²) in [5.74, 6) is 0. The fourth-order valence-electron chi connectivity index (χ4n) is 1.21.